The molecule has 8 heteroatoms. The van der Waals surface area contributed by atoms with Gasteiger partial charge in [-0.3, -0.25) is 0 Å². The predicted octanol–water partition coefficient (Wildman–Crippen LogP) is 4.28. The molecule has 0 unspecified atom stereocenters. The number of aromatic nitrogens is 2. The lowest BCUT2D eigenvalue weighted by molar-refractivity contribution is 0.460. The van der Waals surface area contributed by atoms with E-state index >= 15 is 0 Å². The fraction of sp³-hybridized carbons (Fsp3) is 0. The van der Waals surface area contributed by atoms with Crippen molar-refractivity contribution in [2.75, 3.05) is 5.73 Å². The van der Waals surface area contributed by atoms with Crippen molar-refractivity contribution < 1.29 is 13.9 Å². The van der Waals surface area contributed by atoms with E-state index in [-0.39, 0.29) is 33.7 Å². The van der Waals surface area contributed by atoms with Crippen molar-refractivity contribution in [2.45, 2.75) is 0 Å². The second-order valence-electron chi connectivity index (χ2n) is 5.41. The highest BCUT2D eigenvalue weighted by molar-refractivity contribution is 6.07. The van der Waals surface area contributed by atoms with Crippen LogP contribution >= 0.6 is 0 Å². The zero-order chi connectivity index (χ0) is 17.0. The van der Waals surface area contributed by atoms with Crippen molar-refractivity contribution in [1.82, 2.24) is 9.97 Å². The highest BCUT2D eigenvalue weighted by atomic mass is 19.2. The van der Waals surface area contributed by atoms with Gasteiger partial charge in [0, 0.05) is 28.0 Å². The highest BCUT2D eigenvalue weighted by Gasteiger charge is 2.22. The number of hydrogen-bond donors (Lipinski definition) is 4. The lowest BCUT2D eigenvalue weighted by Gasteiger charge is -1.99. The van der Waals surface area contributed by atoms with E-state index in [4.69, 9.17) is 5.73 Å². The van der Waals surface area contributed by atoms with Crippen LogP contribution in [0.1, 0.15) is 0 Å². The molecule has 6 nitrogen and oxygen atoms in total. The topological polar surface area (TPSA) is 107 Å². The summed E-state index contributed by atoms with van der Waals surface area (Å²) in [5.41, 5.74) is 7.29. The van der Waals surface area contributed by atoms with Crippen LogP contribution in [0.15, 0.2) is 35.5 Å². The first kappa shape index (κ1) is 14.2. The van der Waals surface area contributed by atoms with Crippen LogP contribution in [-0.4, -0.2) is 15.1 Å². The first-order chi connectivity index (χ1) is 11.5. The molecule has 0 aliphatic rings. The molecule has 5 N–H and O–H groups in total. The van der Waals surface area contributed by atoms with Crippen LogP contribution in [0.4, 0.5) is 20.2 Å². The average molecular weight is 328 g/mol. The smallest absolute Gasteiger partial charge is 0.199 e. The molecule has 0 aliphatic carbocycles. The molecule has 2 heterocycles. The number of nitrogen functional groups attached to an aromatic ring is 1. The summed E-state index contributed by atoms with van der Waals surface area (Å²) in [6.45, 7) is 0. The van der Waals surface area contributed by atoms with Crippen molar-refractivity contribution in [3.8, 4) is 17.1 Å². The van der Waals surface area contributed by atoms with Crippen molar-refractivity contribution in [3.63, 3.8) is 0 Å². The van der Waals surface area contributed by atoms with Crippen molar-refractivity contribution in [1.29, 1.82) is 0 Å². The van der Waals surface area contributed by atoms with Gasteiger partial charge in [-0.05, 0) is 29.4 Å². The lowest BCUT2D eigenvalue weighted by Crippen LogP contribution is -1.83. The van der Waals surface area contributed by atoms with E-state index in [9.17, 15) is 18.8 Å². The van der Waals surface area contributed by atoms with Crippen LogP contribution in [-0.2, 0) is 0 Å². The Kier molecular flexibility index (Phi) is 2.83. The Balaban J connectivity index is 2.12. The molecular formula is C16H10F2N4O2. The van der Waals surface area contributed by atoms with Crippen LogP contribution in [0.2, 0.25) is 0 Å². The maximum absolute atomic E-state index is 13.5. The zero-order valence-electron chi connectivity index (χ0n) is 12.0. The Morgan fingerprint density at radius 2 is 1.75 bits per heavy atom. The minimum atomic E-state index is -1.09. The third-order valence-corrected chi connectivity index (χ3v) is 3.96. The van der Waals surface area contributed by atoms with Gasteiger partial charge < -0.3 is 20.8 Å². The maximum Gasteiger partial charge on any atom is 0.199 e. The number of H-pyrrole nitrogens is 2. The molecule has 0 saturated heterocycles. The highest BCUT2D eigenvalue weighted by Crippen LogP contribution is 2.44. The number of benzene rings is 2. The Morgan fingerprint density at radius 3 is 2.50 bits per heavy atom. The third kappa shape index (κ3) is 1.86. The Morgan fingerprint density at radius 1 is 1.00 bits per heavy atom. The fourth-order valence-corrected chi connectivity index (χ4v) is 2.90. The van der Waals surface area contributed by atoms with Crippen molar-refractivity contribution >= 4 is 33.2 Å². The Labute approximate surface area is 132 Å². The van der Waals surface area contributed by atoms with Crippen LogP contribution < -0.4 is 5.73 Å². The van der Waals surface area contributed by atoms with E-state index in [1.807, 2.05) is 0 Å². The standard InChI is InChI=1S/C16H10F2N4O2/c17-9-4-8-12(5-10(9)18)20-15(14(8)22-24)13-7-3-6(19)1-2-11(7)21-16(13)23/h1-5,20-21,23H,19H2. The van der Waals surface area contributed by atoms with E-state index in [0.717, 1.165) is 12.1 Å². The molecule has 0 bridgehead atoms. The number of nitrogens with zero attached hydrogens (tertiary/aromatic N) is 1. The minimum absolute atomic E-state index is 0.122. The predicted molar refractivity (Wildman–Crippen MR) is 87.0 cm³/mol. The number of hydrogen-bond acceptors (Lipinski definition) is 4. The summed E-state index contributed by atoms with van der Waals surface area (Å²) >= 11 is 0. The van der Waals surface area contributed by atoms with E-state index in [1.165, 1.54) is 0 Å². The van der Waals surface area contributed by atoms with Gasteiger partial charge in [0.25, 0.3) is 0 Å². The quantitative estimate of drug-likeness (QED) is 0.326. The Hall–Kier alpha value is -3.42. The first-order valence-electron chi connectivity index (χ1n) is 6.94. The van der Waals surface area contributed by atoms with E-state index in [1.54, 1.807) is 18.2 Å². The van der Waals surface area contributed by atoms with Gasteiger partial charge in [-0.2, -0.15) is 0 Å². The fourth-order valence-electron chi connectivity index (χ4n) is 2.90. The first-order valence-corrected chi connectivity index (χ1v) is 6.94. The largest absolute Gasteiger partial charge is 0.494 e. The number of aromatic hydroxyl groups is 1. The third-order valence-electron chi connectivity index (χ3n) is 3.96. The monoisotopic (exact) mass is 328 g/mol. The average Bonchev–Trinajstić information content (AvgIpc) is 3.03. The molecule has 2 aromatic heterocycles. The lowest BCUT2D eigenvalue weighted by atomic mass is 10.1. The summed E-state index contributed by atoms with van der Waals surface area (Å²) in [7, 11) is 0. The van der Waals surface area contributed by atoms with Gasteiger partial charge in [0.1, 0.15) is 5.69 Å². The molecule has 2 aromatic carbocycles. The number of nitroso groups, excluding NO2 is 1. The molecule has 4 rings (SSSR count). The molecule has 0 aliphatic heterocycles. The van der Waals surface area contributed by atoms with Gasteiger partial charge in [-0.1, -0.05) is 0 Å². The van der Waals surface area contributed by atoms with Crippen LogP contribution in [0.5, 0.6) is 5.88 Å². The van der Waals surface area contributed by atoms with Gasteiger partial charge in [0.05, 0.1) is 16.8 Å². The molecule has 0 saturated carbocycles. The molecule has 4 aromatic rings. The van der Waals surface area contributed by atoms with Crippen LogP contribution in [0.25, 0.3) is 33.1 Å². The molecule has 120 valence electrons. The molecule has 0 amide bonds. The number of aromatic amines is 2. The molecule has 0 atom stereocenters. The molecule has 24 heavy (non-hydrogen) atoms. The van der Waals surface area contributed by atoms with Gasteiger partial charge in [0.2, 0.25) is 0 Å². The van der Waals surface area contributed by atoms with E-state index in [0.29, 0.717) is 16.6 Å². The van der Waals surface area contributed by atoms with Gasteiger partial charge >= 0.3 is 0 Å². The summed E-state index contributed by atoms with van der Waals surface area (Å²) in [6.07, 6.45) is 0. The number of rotatable bonds is 2. The molecule has 0 fully saturated rings. The number of halogens is 2. The summed E-state index contributed by atoms with van der Waals surface area (Å²) in [5.74, 6) is -2.36. The summed E-state index contributed by atoms with van der Waals surface area (Å²) in [4.78, 5) is 16.9. The van der Waals surface area contributed by atoms with E-state index < -0.39 is 11.6 Å². The minimum Gasteiger partial charge on any atom is -0.494 e. The maximum atomic E-state index is 13.5. The number of nitrogens with one attached hydrogen (secondary N) is 2. The summed E-state index contributed by atoms with van der Waals surface area (Å²) in [5, 5.41) is 13.8. The van der Waals surface area contributed by atoms with Crippen molar-refractivity contribution in [3.05, 3.63) is 46.9 Å². The SMILES string of the molecule is Nc1ccc2[nH]c(O)c(-c3[nH]c4cc(F)c(F)cc4c3N=O)c2c1. The zero-order valence-corrected chi connectivity index (χ0v) is 12.0. The molecular weight excluding hydrogens is 318 g/mol. The summed E-state index contributed by atoms with van der Waals surface area (Å²) in [6, 6.07) is 6.76. The molecule has 0 spiro atoms. The van der Waals surface area contributed by atoms with Gasteiger partial charge in [-0.25, -0.2) is 8.78 Å². The second kappa shape index (κ2) is 4.79. The van der Waals surface area contributed by atoms with Gasteiger partial charge in [0.15, 0.2) is 17.5 Å². The van der Waals surface area contributed by atoms with Gasteiger partial charge in [-0.15, -0.1) is 4.91 Å². The number of fused-ring (bicyclic) bond motifs is 2. The normalized spacial score (nSPS) is 11.4. The number of nitrogens with two attached hydrogens (primary N) is 1. The number of anilines is 1. The van der Waals surface area contributed by atoms with Crippen LogP contribution in [0, 0.1) is 16.5 Å². The van der Waals surface area contributed by atoms with Crippen molar-refractivity contribution in [2.24, 2.45) is 5.18 Å². The Bertz CT molecular complexity index is 1130. The van der Waals surface area contributed by atoms with Crippen LogP contribution in [0.3, 0.4) is 0 Å². The molecule has 0 radical (unpaired) electrons. The second-order valence-corrected chi connectivity index (χ2v) is 5.41. The summed E-state index contributed by atoms with van der Waals surface area (Å²) < 4.78 is 26.9. The van der Waals surface area contributed by atoms with E-state index in [2.05, 4.69) is 15.1 Å².